The minimum Gasteiger partial charge on any atom is -0.324 e. The molecule has 1 fully saturated rings. The van der Waals surface area contributed by atoms with Crippen molar-refractivity contribution in [3.05, 3.63) is 36.8 Å². The van der Waals surface area contributed by atoms with Gasteiger partial charge in [0.05, 0.1) is 17.3 Å². The second-order valence-corrected chi connectivity index (χ2v) is 6.51. The lowest BCUT2D eigenvalue weighted by Crippen LogP contribution is -2.26. The van der Waals surface area contributed by atoms with Gasteiger partial charge in [0.25, 0.3) is 0 Å². The quantitative estimate of drug-likeness (QED) is 0.887. The molecule has 20 heavy (non-hydrogen) atoms. The average Bonchev–Trinajstić information content (AvgIpc) is 2.83. The lowest BCUT2D eigenvalue weighted by Gasteiger charge is -2.12. The number of rotatable bonds is 3. The molecule has 0 bridgehead atoms. The molecule has 1 saturated carbocycles. The minimum absolute atomic E-state index is 0.198. The highest BCUT2D eigenvalue weighted by atomic mass is 35.5. The van der Waals surface area contributed by atoms with Crippen molar-refractivity contribution in [1.82, 2.24) is 14.8 Å². The fourth-order valence-electron chi connectivity index (χ4n) is 1.92. The van der Waals surface area contributed by atoms with Gasteiger partial charge in [0, 0.05) is 12.4 Å². The third-order valence-corrected chi connectivity index (χ3v) is 4.61. The number of halogens is 2. The van der Waals surface area contributed by atoms with Crippen LogP contribution in [0.4, 0.5) is 5.69 Å². The van der Waals surface area contributed by atoms with Gasteiger partial charge in [0.15, 0.2) is 5.82 Å². The molecule has 7 heteroatoms. The summed E-state index contributed by atoms with van der Waals surface area (Å²) in [4.78, 5) is 16.3. The van der Waals surface area contributed by atoms with Crippen LogP contribution in [0, 0.1) is 5.41 Å². The van der Waals surface area contributed by atoms with Crippen LogP contribution in [0.15, 0.2) is 36.8 Å². The Labute approximate surface area is 125 Å². The largest absolute Gasteiger partial charge is 0.324 e. The fraction of sp³-hybridized carbons (Fsp3) is 0.308. The molecule has 1 amide bonds. The minimum atomic E-state index is -0.973. The SMILES string of the molecule is CC1(C(=O)Nc2ccc(-n3cccn3)nc2)CC1(Cl)Cl. The summed E-state index contributed by atoms with van der Waals surface area (Å²) in [5.41, 5.74) is -0.139. The van der Waals surface area contributed by atoms with E-state index in [1.54, 1.807) is 42.3 Å². The van der Waals surface area contributed by atoms with Gasteiger partial charge in [-0.1, -0.05) is 0 Å². The first kappa shape index (κ1) is 13.4. The highest BCUT2D eigenvalue weighted by Gasteiger charge is 2.67. The highest BCUT2D eigenvalue weighted by molar-refractivity contribution is 6.53. The number of carbonyl (C=O) groups is 1. The van der Waals surface area contributed by atoms with Crippen LogP contribution in [0.5, 0.6) is 0 Å². The van der Waals surface area contributed by atoms with Crippen molar-refractivity contribution in [2.24, 2.45) is 5.41 Å². The van der Waals surface area contributed by atoms with Gasteiger partial charge in [-0.3, -0.25) is 4.79 Å². The van der Waals surface area contributed by atoms with Crippen LogP contribution in [0.25, 0.3) is 5.82 Å². The molecule has 2 aromatic heterocycles. The van der Waals surface area contributed by atoms with E-state index in [0.717, 1.165) is 0 Å². The standard InChI is InChI=1S/C13H12Cl2N4O/c1-12(8-13(12,14)15)11(20)18-9-3-4-10(16-7-9)19-6-2-5-17-19/h2-7H,8H2,1H3,(H,18,20). The molecule has 1 aliphatic rings. The van der Waals surface area contributed by atoms with E-state index in [0.29, 0.717) is 17.9 Å². The first-order valence-corrected chi connectivity index (χ1v) is 6.83. The Hall–Kier alpha value is -1.59. The number of nitrogens with one attached hydrogen (secondary N) is 1. The molecule has 104 valence electrons. The zero-order chi connectivity index (χ0) is 14.4. The summed E-state index contributed by atoms with van der Waals surface area (Å²) < 4.78 is 0.663. The molecular formula is C13H12Cl2N4O. The summed E-state index contributed by atoms with van der Waals surface area (Å²) in [5.74, 6) is 0.478. The molecule has 3 rings (SSSR count). The van der Waals surface area contributed by atoms with E-state index in [-0.39, 0.29) is 5.91 Å². The summed E-state index contributed by atoms with van der Waals surface area (Å²) in [6.45, 7) is 1.74. The predicted octanol–water partition coefficient (Wildman–Crippen LogP) is 2.79. The van der Waals surface area contributed by atoms with Crippen LogP contribution in [0.2, 0.25) is 0 Å². The van der Waals surface area contributed by atoms with Crippen molar-refractivity contribution in [3.8, 4) is 5.82 Å². The van der Waals surface area contributed by atoms with Crippen molar-refractivity contribution in [3.63, 3.8) is 0 Å². The van der Waals surface area contributed by atoms with E-state index in [4.69, 9.17) is 23.2 Å². The van der Waals surface area contributed by atoms with Gasteiger partial charge in [-0.2, -0.15) is 5.10 Å². The summed E-state index contributed by atoms with van der Waals surface area (Å²) in [6, 6.07) is 5.34. The lowest BCUT2D eigenvalue weighted by atomic mass is 10.1. The third kappa shape index (κ3) is 2.17. The van der Waals surface area contributed by atoms with Crippen LogP contribution >= 0.6 is 23.2 Å². The first-order valence-electron chi connectivity index (χ1n) is 6.08. The van der Waals surface area contributed by atoms with Gasteiger partial charge in [-0.25, -0.2) is 9.67 Å². The van der Waals surface area contributed by atoms with Gasteiger partial charge in [0.2, 0.25) is 5.91 Å². The predicted molar refractivity (Wildman–Crippen MR) is 77.1 cm³/mol. The molecule has 1 aliphatic carbocycles. The molecule has 2 aromatic rings. The van der Waals surface area contributed by atoms with Crippen LogP contribution in [0.3, 0.4) is 0 Å². The van der Waals surface area contributed by atoms with Crippen LogP contribution in [-0.2, 0) is 4.79 Å². The number of anilines is 1. The molecule has 2 heterocycles. The summed E-state index contributed by atoms with van der Waals surface area (Å²) in [5, 5.41) is 6.85. The molecule has 1 atom stereocenters. The van der Waals surface area contributed by atoms with Crippen molar-refractivity contribution < 1.29 is 4.79 Å². The zero-order valence-corrected chi connectivity index (χ0v) is 12.2. The highest BCUT2D eigenvalue weighted by Crippen LogP contribution is 2.64. The summed E-state index contributed by atoms with van der Waals surface area (Å²) >= 11 is 12.0. The van der Waals surface area contributed by atoms with E-state index < -0.39 is 9.75 Å². The normalized spacial score (nSPS) is 23.4. The zero-order valence-electron chi connectivity index (χ0n) is 10.7. The van der Waals surface area contributed by atoms with Gasteiger partial charge < -0.3 is 5.32 Å². The molecule has 5 nitrogen and oxygen atoms in total. The van der Waals surface area contributed by atoms with Crippen LogP contribution < -0.4 is 5.32 Å². The Morgan fingerprint density at radius 3 is 2.70 bits per heavy atom. The maximum absolute atomic E-state index is 12.1. The number of hydrogen-bond acceptors (Lipinski definition) is 3. The fourth-order valence-corrected chi connectivity index (χ4v) is 2.62. The van der Waals surface area contributed by atoms with E-state index in [1.165, 1.54) is 0 Å². The van der Waals surface area contributed by atoms with Crippen molar-refractivity contribution >= 4 is 34.8 Å². The van der Waals surface area contributed by atoms with Gasteiger partial charge in [-0.15, -0.1) is 23.2 Å². The molecule has 0 radical (unpaired) electrons. The average molecular weight is 311 g/mol. The van der Waals surface area contributed by atoms with E-state index >= 15 is 0 Å². The maximum atomic E-state index is 12.1. The first-order chi connectivity index (χ1) is 9.42. The number of alkyl halides is 2. The van der Waals surface area contributed by atoms with Crippen molar-refractivity contribution in [2.75, 3.05) is 5.32 Å². The Bertz CT molecular complexity index is 639. The third-order valence-electron chi connectivity index (χ3n) is 3.50. The van der Waals surface area contributed by atoms with Gasteiger partial charge in [0.1, 0.15) is 4.33 Å². The molecule has 0 aromatic carbocycles. The number of pyridine rings is 1. The molecule has 1 N–H and O–H groups in total. The van der Waals surface area contributed by atoms with E-state index in [9.17, 15) is 4.79 Å². The summed E-state index contributed by atoms with van der Waals surface area (Å²) in [6.07, 6.45) is 5.49. The molecule has 0 saturated heterocycles. The Kier molecular flexibility index (Phi) is 2.99. The molecule has 0 spiro atoms. The second-order valence-electron chi connectivity index (χ2n) is 5.02. The van der Waals surface area contributed by atoms with Crippen LogP contribution in [-0.4, -0.2) is 25.0 Å². The smallest absolute Gasteiger partial charge is 0.233 e. The number of nitrogens with zero attached hydrogens (tertiary/aromatic N) is 3. The number of carbonyl (C=O) groups excluding carboxylic acids is 1. The Morgan fingerprint density at radius 2 is 2.20 bits per heavy atom. The Morgan fingerprint density at radius 1 is 1.45 bits per heavy atom. The van der Waals surface area contributed by atoms with Crippen LogP contribution in [0.1, 0.15) is 13.3 Å². The number of aromatic nitrogens is 3. The topological polar surface area (TPSA) is 59.8 Å². The molecular weight excluding hydrogens is 299 g/mol. The van der Waals surface area contributed by atoms with Crippen molar-refractivity contribution in [1.29, 1.82) is 0 Å². The Balaban J connectivity index is 1.72. The van der Waals surface area contributed by atoms with Gasteiger partial charge in [-0.05, 0) is 31.5 Å². The molecule has 0 aliphatic heterocycles. The second kappa shape index (κ2) is 4.46. The van der Waals surface area contributed by atoms with Crippen molar-refractivity contribution in [2.45, 2.75) is 17.7 Å². The van der Waals surface area contributed by atoms with E-state index in [1.807, 2.05) is 6.07 Å². The van der Waals surface area contributed by atoms with Gasteiger partial charge >= 0.3 is 0 Å². The molecule has 1 unspecified atom stereocenters. The summed E-state index contributed by atoms with van der Waals surface area (Å²) in [7, 11) is 0. The lowest BCUT2D eigenvalue weighted by molar-refractivity contribution is -0.120. The van der Waals surface area contributed by atoms with E-state index in [2.05, 4.69) is 15.4 Å². The monoisotopic (exact) mass is 310 g/mol. The number of hydrogen-bond donors (Lipinski definition) is 1. The number of amides is 1. The maximum Gasteiger partial charge on any atom is 0.233 e.